The van der Waals surface area contributed by atoms with Crippen LogP contribution in [0.4, 0.5) is 5.82 Å². The first-order chi connectivity index (χ1) is 10.7. The average molecular weight is 334 g/mol. The van der Waals surface area contributed by atoms with Crippen LogP contribution in [0.15, 0.2) is 29.6 Å². The van der Waals surface area contributed by atoms with Crippen LogP contribution in [0, 0.1) is 0 Å². The number of aliphatic hydroxyl groups excluding tert-OH is 1. The maximum absolute atomic E-state index is 9.03. The monoisotopic (exact) mass is 333 g/mol. The molecule has 1 aromatic carbocycles. The smallest absolute Gasteiger partial charge is 0.225 e. The number of hydrogen-bond acceptors (Lipinski definition) is 5. The molecule has 0 saturated heterocycles. The largest absolute Gasteiger partial charge is 0.395 e. The topological polar surface area (TPSA) is 58.0 Å². The molecule has 4 nitrogen and oxygen atoms in total. The molecule has 0 unspecified atom stereocenters. The number of aryl methyl sites for hydroxylation is 1. The van der Waals surface area contributed by atoms with Crippen molar-refractivity contribution in [2.75, 3.05) is 18.5 Å². The second-order valence-corrected chi connectivity index (χ2v) is 6.07. The Labute approximate surface area is 137 Å². The predicted octanol–water partition coefficient (Wildman–Crippen LogP) is 3.98. The second kappa shape index (κ2) is 6.60. The van der Waals surface area contributed by atoms with Crippen LogP contribution < -0.4 is 5.32 Å². The molecule has 0 aliphatic carbocycles. The Hall–Kier alpha value is -1.69. The summed E-state index contributed by atoms with van der Waals surface area (Å²) in [5, 5.41) is 15.4. The Morgan fingerprint density at radius 1 is 1.23 bits per heavy atom. The number of nitrogens with one attached hydrogen (secondary N) is 1. The van der Waals surface area contributed by atoms with E-state index in [0.29, 0.717) is 12.4 Å². The summed E-state index contributed by atoms with van der Waals surface area (Å²) >= 11 is 7.52. The van der Waals surface area contributed by atoms with Crippen molar-refractivity contribution in [2.45, 2.75) is 13.3 Å². The van der Waals surface area contributed by atoms with E-state index in [1.54, 1.807) is 11.3 Å². The number of anilines is 1. The highest BCUT2D eigenvalue weighted by molar-refractivity contribution is 7.17. The molecule has 114 valence electrons. The molecule has 6 heteroatoms. The number of aliphatic hydroxyl groups is 1. The van der Waals surface area contributed by atoms with Crippen molar-refractivity contribution in [3.63, 3.8) is 0 Å². The number of halogens is 1. The van der Waals surface area contributed by atoms with Crippen molar-refractivity contribution in [1.29, 1.82) is 0 Å². The van der Waals surface area contributed by atoms with Crippen LogP contribution in [0.25, 0.3) is 21.3 Å². The lowest BCUT2D eigenvalue weighted by molar-refractivity contribution is 0.311. The van der Waals surface area contributed by atoms with Gasteiger partial charge in [-0.2, -0.15) is 0 Å². The van der Waals surface area contributed by atoms with Gasteiger partial charge in [-0.1, -0.05) is 31.2 Å². The molecule has 2 N–H and O–H groups in total. The fraction of sp³-hybridized carbons (Fsp3) is 0.250. The van der Waals surface area contributed by atoms with Gasteiger partial charge in [0.1, 0.15) is 10.6 Å². The zero-order chi connectivity index (χ0) is 15.5. The lowest BCUT2D eigenvalue weighted by Gasteiger charge is -2.08. The third kappa shape index (κ3) is 2.92. The van der Waals surface area contributed by atoms with E-state index in [1.165, 1.54) is 5.56 Å². The van der Waals surface area contributed by atoms with E-state index >= 15 is 0 Å². The van der Waals surface area contributed by atoms with Crippen LogP contribution in [0.1, 0.15) is 12.5 Å². The zero-order valence-corrected chi connectivity index (χ0v) is 13.7. The normalized spacial score (nSPS) is 11.0. The summed E-state index contributed by atoms with van der Waals surface area (Å²) in [5.74, 6) is 0.667. The van der Waals surface area contributed by atoms with Gasteiger partial charge in [0.05, 0.1) is 12.0 Å². The molecule has 0 aliphatic rings. The molecule has 0 fully saturated rings. The van der Waals surface area contributed by atoms with Gasteiger partial charge in [0.15, 0.2) is 0 Å². The molecule has 0 atom stereocenters. The molecule has 0 spiro atoms. The molecule has 0 radical (unpaired) electrons. The lowest BCUT2D eigenvalue weighted by atomic mass is 10.0. The number of thiophene rings is 1. The van der Waals surface area contributed by atoms with Crippen LogP contribution in [-0.4, -0.2) is 28.2 Å². The fourth-order valence-corrected chi connectivity index (χ4v) is 3.52. The minimum absolute atomic E-state index is 0.0355. The zero-order valence-electron chi connectivity index (χ0n) is 12.1. The fourth-order valence-electron chi connectivity index (χ4n) is 2.35. The first kappa shape index (κ1) is 15.2. The number of hydrogen-bond donors (Lipinski definition) is 2. The number of rotatable bonds is 5. The maximum atomic E-state index is 9.03. The van der Waals surface area contributed by atoms with Crippen molar-refractivity contribution < 1.29 is 5.11 Å². The van der Waals surface area contributed by atoms with E-state index in [4.69, 9.17) is 16.7 Å². The summed E-state index contributed by atoms with van der Waals surface area (Å²) in [6.07, 6.45) is 1.02. The summed E-state index contributed by atoms with van der Waals surface area (Å²) in [6, 6.07) is 8.50. The second-order valence-electron chi connectivity index (χ2n) is 4.87. The van der Waals surface area contributed by atoms with Crippen molar-refractivity contribution in [2.24, 2.45) is 0 Å². The molecule has 2 heterocycles. The molecular formula is C16H16ClN3OS. The van der Waals surface area contributed by atoms with Gasteiger partial charge in [-0.3, -0.25) is 0 Å². The summed E-state index contributed by atoms with van der Waals surface area (Å²) in [7, 11) is 0. The molecule has 0 saturated carbocycles. The molecule has 3 rings (SSSR count). The molecule has 0 aliphatic heterocycles. The van der Waals surface area contributed by atoms with Gasteiger partial charge in [0.2, 0.25) is 5.28 Å². The van der Waals surface area contributed by atoms with Crippen molar-refractivity contribution in [3.05, 3.63) is 40.5 Å². The van der Waals surface area contributed by atoms with Crippen LogP contribution in [0.5, 0.6) is 0 Å². The Kier molecular flexibility index (Phi) is 4.57. The van der Waals surface area contributed by atoms with E-state index in [0.717, 1.165) is 27.8 Å². The van der Waals surface area contributed by atoms with Crippen LogP contribution in [0.3, 0.4) is 0 Å². The first-order valence-electron chi connectivity index (χ1n) is 7.11. The van der Waals surface area contributed by atoms with Gasteiger partial charge < -0.3 is 10.4 Å². The van der Waals surface area contributed by atoms with E-state index < -0.39 is 0 Å². The summed E-state index contributed by atoms with van der Waals surface area (Å²) in [6.45, 7) is 2.60. The molecule has 3 aromatic rings. The average Bonchev–Trinajstić information content (AvgIpc) is 2.96. The Balaban J connectivity index is 2.12. The van der Waals surface area contributed by atoms with Crippen LogP contribution in [0.2, 0.25) is 5.28 Å². The molecule has 0 amide bonds. The van der Waals surface area contributed by atoms with Gasteiger partial charge in [0.25, 0.3) is 0 Å². The highest BCUT2D eigenvalue weighted by Gasteiger charge is 2.14. The minimum Gasteiger partial charge on any atom is -0.395 e. The summed E-state index contributed by atoms with van der Waals surface area (Å²) < 4.78 is 0. The van der Waals surface area contributed by atoms with Crippen molar-refractivity contribution in [3.8, 4) is 11.1 Å². The summed E-state index contributed by atoms with van der Waals surface area (Å²) in [5.41, 5.74) is 3.52. The Morgan fingerprint density at radius 3 is 2.68 bits per heavy atom. The number of aromatic nitrogens is 2. The maximum Gasteiger partial charge on any atom is 0.225 e. The third-order valence-corrected chi connectivity index (χ3v) is 4.52. The van der Waals surface area contributed by atoms with Crippen molar-refractivity contribution >= 4 is 39.0 Å². The first-order valence-corrected chi connectivity index (χ1v) is 8.37. The number of nitrogens with zero attached hydrogens (tertiary/aromatic N) is 2. The summed E-state index contributed by atoms with van der Waals surface area (Å²) in [4.78, 5) is 9.41. The third-order valence-electron chi connectivity index (χ3n) is 3.48. The standard InChI is InChI=1S/C16H16ClN3OS/c1-2-10-3-5-11(6-4-10)12-9-22-15-13(12)14(18-7-8-21)19-16(17)20-15/h3-6,9,21H,2,7-8H2,1H3,(H,18,19,20). The van der Waals surface area contributed by atoms with E-state index in [9.17, 15) is 0 Å². The predicted molar refractivity (Wildman–Crippen MR) is 92.8 cm³/mol. The minimum atomic E-state index is 0.0355. The number of benzene rings is 1. The van der Waals surface area contributed by atoms with Crippen LogP contribution in [-0.2, 0) is 6.42 Å². The van der Waals surface area contributed by atoms with Crippen LogP contribution >= 0.6 is 22.9 Å². The van der Waals surface area contributed by atoms with Gasteiger partial charge in [-0.25, -0.2) is 9.97 Å². The SMILES string of the molecule is CCc1ccc(-c2csc3nc(Cl)nc(NCCO)c23)cc1. The van der Waals surface area contributed by atoms with Crippen molar-refractivity contribution in [1.82, 2.24) is 9.97 Å². The Morgan fingerprint density at radius 2 is 2.00 bits per heavy atom. The molecule has 0 bridgehead atoms. The van der Waals surface area contributed by atoms with Gasteiger partial charge in [-0.05, 0) is 29.1 Å². The van der Waals surface area contributed by atoms with E-state index in [1.807, 2.05) is 0 Å². The van der Waals surface area contributed by atoms with Gasteiger partial charge in [0, 0.05) is 17.5 Å². The highest BCUT2D eigenvalue weighted by Crippen LogP contribution is 2.37. The molecular weight excluding hydrogens is 318 g/mol. The highest BCUT2D eigenvalue weighted by atomic mass is 35.5. The van der Waals surface area contributed by atoms with E-state index in [-0.39, 0.29) is 11.9 Å². The number of fused-ring (bicyclic) bond motifs is 1. The molecule has 2 aromatic heterocycles. The lowest BCUT2D eigenvalue weighted by Crippen LogP contribution is -2.07. The van der Waals surface area contributed by atoms with E-state index in [2.05, 4.69) is 51.9 Å². The Bertz CT molecular complexity index is 786. The molecule has 22 heavy (non-hydrogen) atoms. The van der Waals surface area contributed by atoms with Gasteiger partial charge in [-0.15, -0.1) is 11.3 Å². The quantitative estimate of drug-likeness (QED) is 0.693. The van der Waals surface area contributed by atoms with Gasteiger partial charge >= 0.3 is 0 Å².